The molecule has 2 aliphatic rings. The predicted molar refractivity (Wildman–Crippen MR) is 332 cm³/mol. The number of allylic oxidation sites excluding steroid dienone is 4. The number of rotatable bonds is 34. The molecule has 8 heteroatoms. The number of ketones is 1. The van der Waals surface area contributed by atoms with E-state index in [1.807, 2.05) is 9.48 Å². The first-order valence-electron chi connectivity index (χ1n) is 31.0. The second-order valence-corrected chi connectivity index (χ2v) is 22.5. The van der Waals surface area contributed by atoms with Crippen molar-refractivity contribution >= 4 is 45.5 Å². The van der Waals surface area contributed by atoms with E-state index in [4.69, 9.17) is 0 Å². The Hall–Kier alpha value is -6.80. The van der Waals surface area contributed by atoms with Gasteiger partial charge in [-0.2, -0.15) is 4.58 Å². The highest BCUT2D eigenvalue weighted by Crippen LogP contribution is 2.49. The lowest BCUT2D eigenvalue weighted by atomic mass is 9.78. The fraction of sp³-hybridized carbons (Fsp3) is 0.444. The normalized spacial score (nSPS) is 13.4. The smallest absolute Gasteiger partial charge is 0.219 e. The number of hydrogen-bond acceptors (Lipinski definition) is 7. The Kier molecular flexibility index (Phi) is 24.2. The third-order valence-electron chi connectivity index (χ3n) is 16.1. The minimum atomic E-state index is -0.802. The van der Waals surface area contributed by atoms with E-state index in [-0.39, 0.29) is 11.1 Å². The number of unbranched alkanes of at least 4 members (excludes halogenated alkanes) is 20. The Morgan fingerprint density at radius 2 is 0.700 bits per heavy atom. The molecule has 0 aliphatic heterocycles. The van der Waals surface area contributed by atoms with Crippen LogP contribution < -0.4 is 14.6 Å². The number of phenols is 2. The molecule has 0 radical (unpaired) electrons. The zero-order chi connectivity index (χ0) is 56.6. The highest BCUT2D eigenvalue weighted by Gasteiger charge is 2.38. The van der Waals surface area contributed by atoms with Crippen LogP contribution >= 0.6 is 0 Å². The molecule has 0 aromatic heterocycles. The van der Waals surface area contributed by atoms with Gasteiger partial charge < -0.3 is 30.4 Å². The summed E-state index contributed by atoms with van der Waals surface area (Å²) in [6, 6.07) is 36.4. The van der Waals surface area contributed by atoms with Crippen molar-refractivity contribution in [1.29, 1.82) is 0 Å². The molecule has 80 heavy (non-hydrogen) atoms. The Labute approximate surface area is 479 Å². The second kappa shape index (κ2) is 31.8. The summed E-state index contributed by atoms with van der Waals surface area (Å²) in [5.41, 5.74) is 7.68. The molecule has 0 amide bonds. The van der Waals surface area contributed by atoms with E-state index < -0.39 is 45.7 Å². The van der Waals surface area contributed by atoms with Crippen LogP contribution in [0.15, 0.2) is 150 Å². The zero-order valence-corrected chi connectivity index (χ0v) is 48.8. The zero-order valence-electron chi connectivity index (χ0n) is 48.8. The average molecular weight is 1080 g/mol. The lowest BCUT2D eigenvalue weighted by Gasteiger charge is -2.34. The summed E-state index contributed by atoms with van der Waals surface area (Å²) < 4.78 is 1.95. The van der Waals surface area contributed by atoms with Gasteiger partial charge in [-0.15, -0.1) is 0 Å². The van der Waals surface area contributed by atoms with Crippen LogP contribution in [0.25, 0.3) is 5.57 Å². The number of phenolic OH excluding ortho intramolecular Hbond substituents is 2. The van der Waals surface area contributed by atoms with Gasteiger partial charge in [-0.25, -0.2) is 0 Å². The molecule has 5 aromatic carbocycles. The minimum Gasteiger partial charge on any atom is -0.871 e. The minimum absolute atomic E-state index is 0.294. The van der Waals surface area contributed by atoms with Crippen molar-refractivity contribution in [3.05, 3.63) is 178 Å². The molecule has 8 nitrogen and oxygen atoms in total. The molecule has 4 N–H and O–H groups in total. The monoisotopic (exact) mass is 1080 g/mol. The van der Waals surface area contributed by atoms with Gasteiger partial charge in [0.1, 0.15) is 23.0 Å². The molecule has 0 bridgehead atoms. The third-order valence-corrected chi connectivity index (χ3v) is 16.1. The Morgan fingerprint density at radius 1 is 0.388 bits per heavy atom. The summed E-state index contributed by atoms with van der Waals surface area (Å²) in [5, 5.41) is 61.3. The van der Waals surface area contributed by atoms with Crippen molar-refractivity contribution in [3.8, 4) is 11.5 Å². The number of nitrogens with zero attached hydrogens (tertiary/aromatic N) is 2. The van der Waals surface area contributed by atoms with Crippen LogP contribution in [-0.4, -0.2) is 31.9 Å². The first-order chi connectivity index (χ1) is 39.1. The van der Waals surface area contributed by atoms with E-state index in [0.29, 0.717) is 11.4 Å². The molecular weight excluding hydrogens is 989 g/mol. The first-order valence-corrected chi connectivity index (χ1v) is 31.0. The maximum Gasteiger partial charge on any atom is 0.219 e. The average Bonchev–Trinajstić information content (AvgIpc) is 3.66. The van der Waals surface area contributed by atoms with Crippen molar-refractivity contribution < 1.29 is 30.3 Å². The Morgan fingerprint density at radius 3 is 1.02 bits per heavy atom. The van der Waals surface area contributed by atoms with Crippen molar-refractivity contribution in [3.63, 3.8) is 0 Å². The molecule has 0 fully saturated rings. The summed E-state index contributed by atoms with van der Waals surface area (Å²) in [5.74, 6) is -3.40. The number of aliphatic hydroxyl groups is 2. The fourth-order valence-corrected chi connectivity index (χ4v) is 11.4. The van der Waals surface area contributed by atoms with Crippen LogP contribution in [0, 0.1) is 0 Å². The van der Waals surface area contributed by atoms with Crippen LogP contribution in [0.4, 0.5) is 28.4 Å². The van der Waals surface area contributed by atoms with Crippen LogP contribution in [0.3, 0.4) is 0 Å². The van der Waals surface area contributed by atoms with E-state index >= 15 is 0 Å². The topological polar surface area (TPSA) is 127 Å². The molecular formula is C72H92N2O6. The summed E-state index contributed by atoms with van der Waals surface area (Å²) >= 11 is 0. The standard InChI is InChI=1S/C72H92N2O6/c1-5-9-13-17-21-25-29-53-33-41-57(42-34-53)73(58-43-35-54(36-44-58)30-26-22-18-14-10-6-2)61-49-63(75)67(64(76)50-61)69-71(79)70(72(69)80)68-65(77)51-62(52-66(68)78)74(59-45-37-55(38-46-59)31-27-23-19-15-11-7-3)60-47-39-56(40-48-60)32-28-24-20-16-12-8-4/h33-52H,5-32H2,1-4H3,(H4,75,76,77,78,79,80). The lowest BCUT2D eigenvalue weighted by molar-refractivity contribution is -0.297. The van der Waals surface area contributed by atoms with E-state index in [2.05, 4.69) is 125 Å². The fourth-order valence-electron chi connectivity index (χ4n) is 11.4. The van der Waals surface area contributed by atoms with Gasteiger partial charge in [-0.05, 0) is 97.9 Å². The summed E-state index contributed by atoms with van der Waals surface area (Å²) in [7, 11) is 0. The molecule has 0 heterocycles. The van der Waals surface area contributed by atoms with Crippen LogP contribution in [0.2, 0.25) is 0 Å². The van der Waals surface area contributed by atoms with E-state index in [0.717, 1.165) is 74.1 Å². The molecule has 5 aromatic rings. The first kappa shape index (κ1) is 60.8. The number of Topliss-reactive ketones (excluding diaryl/α,β-unsaturated/α-hetero) is 1. The Bertz CT molecular complexity index is 2750. The molecule has 0 saturated carbocycles. The number of hydrogen-bond donors (Lipinski definition) is 4. The summed E-state index contributed by atoms with van der Waals surface area (Å²) in [4.78, 5) is 16.2. The highest BCUT2D eigenvalue weighted by atomic mass is 16.3. The molecule has 7 rings (SSSR count). The van der Waals surface area contributed by atoms with Crippen LogP contribution in [0.1, 0.15) is 210 Å². The number of anilines is 3. The number of aryl methyl sites for hydroxylation is 4. The summed E-state index contributed by atoms with van der Waals surface area (Å²) in [6.45, 7) is 8.93. The van der Waals surface area contributed by atoms with Gasteiger partial charge in [0.05, 0.1) is 29.0 Å². The van der Waals surface area contributed by atoms with Gasteiger partial charge >= 0.3 is 0 Å². The molecule has 0 atom stereocenters. The van der Waals surface area contributed by atoms with Crippen molar-refractivity contribution in [1.82, 2.24) is 4.58 Å². The van der Waals surface area contributed by atoms with Gasteiger partial charge in [0.25, 0.3) is 0 Å². The number of aliphatic hydroxyl groups excluding tert-OH is 2. The third kappa shape index (κ3) is 16.6. The van der Waals surface area contributed by atoms with E-state index in [1.54, 1.807) is 0 Å². The molecule has 426 valence electrons. The number of aromatic hydroxyl groups is 2. The Balaban J connectivity index is 1.17. The predicted octanol–water partition coefficient (Wildman–Crippen LogP) is 19.0. The quantitative estimate of drug-likeness (QED) is 0.0184. The number of carbonyl (C=O) groups excluding carboxylic acids is 1. The largest absolute Gasteiger partial charge is 0.871 e. The van der Waals surface area contributed by atoms with Crippen LogP contribution in [-0.2, 0) is 30.5 Å². The van der Waals surface area contributed by atoms with Crippen molar-refractivity contribution in [2.24, 2.45) is 0 Å². The maximum atomic E-state index is 14.2. The number of benzene rings is 5. The van der Waals surface area contributed by atoms with E-state index in [1.165, 1.54) is 175 Å². The maximum absolute atomic E-state index is 14.2. The van der Waals surface area contributed by atoms with Gasteiger partial charge in [0, 0.05) is 58.9 Å². The van der Waals surface area contributed by atoms with Crippen molar-refractivity contribution in [2.45, 2.75) is 207 Å². The summed E-state index contributed by atoms with van der Waals surface area (Å²) in [6.07, 6.45) is 36.2. The van der Waals surface area contributed by atoms with Crippen LogP contribution in [0.5, 0.6) is 11.5 Å². The van der Waals surface area contributed by atoms with Gasteiger partial charge in [0.2, 0.25) is 17.1 Å². The second-order valence-electron chi connectivity index (χ2n) is 22.5. The van der Waals surface area contributed by atoms with Crippen molar-refractivity contribution in [2.75, 3.05) is 4.90 Å². The van der Waals surface area contributed by atoms with Gasteiger partial charge in [-0.1, -0.05) is 210 Å². The molecule has 0 unspecified atom stereocenters. The number of carbonyl (C=O) groups is 1. The molecule has 2 aliphatic carbocycles. The molecule has 0 spiro atoms. The van der Waals surface area contributed by atoms with Gasteiger partial charge in [-0.3, -0.25) is 4.79 Å². The van der Waals surface area contributed by atoms with Gasteiger partial charge in [0.15, 0.2) is 5.78 Å². The highest BCUT2D eigenvalue weighted by molar-refractivity contribution is 6.40. The van der Waals surface area contributed by atoms with E-state index in [9.17, 15) is 30.3 Å². The molecule has 0 saturated heterocycles. The lowest BCUT2D eigenvalue weighted by Crippen LogP contribution is -2.32. The SMILES string of the molecule is CCCCCCCCc1ccc(N(c2ccc(CCCCCCCC)cc2)c2cc(O)c(C3=C([O-])C(=C4C(O)=CC(=[N+](c5ccc(CCCCCCCC)cc5)c5ccc(CCCCCCCC)cc5)C=C4O)C3=O)c(O)c2)cc1.